The first-order chi connectivity index (χ1) is 15.2. The number of ketones is 1. The summed E-state index contributed by atoms with van der Waals surface area (Å²) in [7, 11) is 1.74. The van der Waals surface area contributed by atoms with E-state index in [1.54, 1.807) is 7.11 Å². The maximum atomic E-state index is 12.4. The van der Waals surface area contributed by atoms with Gasteiger partial charge in [0.2, 0.25) is 0 Å². The molecule has 0 aromatic rings. The van der Waals surface area contributed by atoms with Gasteiger partial charge in [0.15, 0.2) is 0 Å². The summed E-state index contributed by atoms with van der Waals surface area (Å²) >= 11 is 0. The maximum absolute atomic E-state index is 12.4. The molecule has 0 aromatic carbocycles. The molecule has 0 spiro atoms. The van der Waals surface area contributed by atoms with Gasteiger partial charge in [0.25, 0.3) is 0 Å². The van der Waals surface area contributed by atoms with Crippen molar-refractivity contribution in [1.82, 2.24) is 0 Å². The van der Waals surface area contributed by atoms with Crippen LogP contribution in [0.4, 0.5) is 0 Å². The lowest BCUT2D eigenvalue weighted by Crippen LogP contribution is -2.59. The maximum Gasteiger partial charge on any atom is 0.146 e. The standard InChI is InChI=1S/C29H50O3/c1-19(2)8-7-9-20(3)23-10-11-24-27-25(13-15-29(23,24)5)28(4)14-12-22(30)16-21(28)17-26(27)32-18-31-6/h19-21,23-27H,7-18H2,1-6H3/t20-,21-,23+,24-,25-,26+,27-,28-,29+/m0/s1. The molecule has 0 saturated heterocycles. The summed E-state index contributed by atoms with van der Waals surface area (Å²) in [5, 5.41) is 0. The first kappa shape index (κ1) is 24.7. The van der Waals surface area contributed by atoms with Gasteiger partial charge in [0.05, 0.1) is 6.10 Å². The van der Waals surface area contributed by atoms with Crippen molar-refractivity contribution in [2.24, 2.45) is 52.3 Å². The Hall–Kier alpha value is -0.410. The zero-order valence-corrected chi connectivity index (χ0v) is 21.8. The van der Waals surface area contributed by atoms with Crippen molar-refractivity contribution >= 4 is 5.78 Å². The van der Waals surface area contributed by atoms with Crippen LogP contribution in [-0.2, 0) is 14.3 Å². The molecule has 0 aliphatic heterocycles. The molecule has 0 bridgehead atoms. The molecule has 9 atom stereocenters. The van der Waals surface area contributed by atoms with Crippen molar-refractivity contribution in [3.63, 3.8) is 0 Å². The molecule has 0 N–H and O–H groups in total. The van der Waals surface area contributed by atoms with Gasteiger partial charge in [-0.1, -0.05) is 53.9 Å². The molecule has 4 aliphatic rings. The van der Waals surface area contributed by atoms with E-state index in [0.717, 1.165) is 49.4 Å². The van der Waals surface area contributed by atoms with E-state index >= 15 is 0 Å². The van der Waals surface area contributed by atoms with E-state index in [1.165, 1.54) is 44.9 Å². The lowest BCUT2D eigenvalue weighted by molar-refractivity contribution is -0.201. The zero-order valence-electron chi connectivity index (χ0n) is 21.8. The fraction of sp³-hybridized carbons (Fsp3) is 0.966. The largest absolute Gasteiger partial charge is 0.359 e. The Kier molecular flexibility index (Phi) is 7.48. The van der Waals surface area contributed by atoms with Crippen molar-refractivity contribution in [3.05, 3.63) is 0 Å². The van der Waals surface area contributed by atoms with E-state index in [9.17, 15) is 4.79 Å². The summed E-state index contributed by atoms with van der Waals surface area (Å²) in [6.07, 6.45) is 13.7. The number of ether oxygens (including phenoxy) is 2. The minimum absolute atomic E-state index is 0.267. The molecule has 3 heteroatoms. The van der Waals surface area contributed by atoms with Crippen molar-refractivity contribution < 1.29 is 14.3 Å². The highest BCUT2D eigenvalue weighted by Gasteiger charge is 2.63. The topological polar surface area (TPSA) is 35.5 Å². The quantitative estimate of drug-likeness (QED) is 0.368. The summed E-state index contributed by atoms with van der Waals surface area (Å²) in [4.78, 5) is 12.4. The Balaban J connectivity index is 1.56. The summed E-state index contributed by atoms with van der Waals surface area (Å²) in [5.41, 5.74) is 0.786. The second-order valence-corrected chi connectivity index (χ2v) is 13.1. The van der Waals surface area contributed by atoms with Gasteiger partial charge >= 0.3 is 0 Å². The minimum atomic E-state index is 0.267. The van der Waals surface area contributed by atoms with Gasteiger partial charge in [-0.15, -0.1) is 0 Å². The van der Waals surface area contributed by atoms with Gasteiger partial charge in [-0.25, -0.2) is 0 Å². The molecule has 0 radical (unpaired) electrons. The number of Topliss-reactive ketones (excluding diaryl/α,β-unsaturated/α-hetero) is 1. The van der Waals surface area contributed by atoms with Crippen LogP contribution in [-0.4, -0.2) is 25.8 Å². The van der Waals surface area contributed by atoms with E-state index in [0.29, 0.717) is 41.2 Å². The average molecular weight is 447 g/mol. The molecule has 0 amide bonds. The molecule has 4 rings (SSSR count). The summed E-state index contributed by atoms with van der Waals surface area (Å²) in [6, 6.07) is 0. The number of rotatable bonds is 8. The zero-order chi connectivity index (χ0) is 23.1. The van der Waals surface area contributed by atoms with Crippen LogP contribution in [0.2, 0.25) is 0 Å². The predicted octanol–water partition coefficient (Wildman–Crippen LogP) is 7.28. The lowest BCUT2D eigenvalue weighted by Gasteiger charge is -2.62. The van der Waals surface area contributed by atoms with Crippen LogP contribution in [0.5, 0.6) is 0 Å². The highest BCUT2D eigenvalue weighted by atomic mass is 16.7. The Morgan fingerprint density at radius 1 is 1.00 bits per heavy atom. The van der Waals surface area contributed by atoms with E-state index in [-0.39, 0.29) is 6.10 Å². The number of methoxy groups -OCH3 is 1. The third-order valence-electron chi connectivity index (χ3n) is 11.1. The molecule has 184 valence electrons. The molecule has 4 aliphatic carbocycles. The molecule has 0 aromatic heterocycles. The molecule has 0 unspecified atom stereocenters. The molecule has 0 heterocycles. The summed E-state index contributed by atoms with van der Waals surface area (Å²) in [5.74, 6) is 5.63. The summed E-state index contributed by atoms with van der Waals surface area (Å²) < 4.78 is 11.8. The number of hydrogen-bond donors (Lipinski definition) is 0. The number of hydrogen-bond acceptors (Lipinski definition) is 3. The van der Waals surface area contributed by atoms with Crippen LogP contribution in [0.25, 0.3) is 0 Å². The number of carbonyl (C=O) groups is 1. The number of carbonyl (C=O) groups excluding carboxylic acids is 1. The monoisotopic (exact) mass is 446 g/mol. The first-order valence-corrected chi connectivity index (χ1v) is 13.8. The third kappa shape index (κ3) is 4.35. The van der Waals surface area contributed by atoms with E-state index < -0.39 is 0 Å². The Morgan fingerprint density at radius 3 is 2.47 bits per heavy atom. The molecule has 4 saturated carbocycles. The SMILES string of the molecule is COCO[C@@H]1C[C@@H]2CC(=O)CC[C@]2(C)[C@H]2CC[C@]3(C)[C@@H]([C@@H](C)CCCC(C)C)CC[C@H]3[C@H]12. The van der Waals surface area contributed by atoms with E-state index in [2.05, 4.69) is 34.6 Å². The van der Waals surface area contributed by atoms with Gasteiger partial charge in [-0.05, 0) is 90.8 Å². The molecular formula is C29H50O3. The van der Waals surface area contributed by atoms with Crippen LogP contribution in [0.15, 0.2) is 0 Å². The first-order valence-electron chi connectivity index (χ1n) is 13.8. The summed E-state index contributed by atoms with van der Waals surface area (Å²) in [6.45, 7) is 12.8. The molecule has 4 fully saturated rings. The number of fused-ring (bicyclic) bond motifs is 5. The van der Waals surface area contributed by atoms with Crippen LogP contribution in [0, 0.1) is 52.3 Å². The second-order valence-electron chi connectivity index (χ2n) is 13.1. The van der Waals surface area contributed by atoms with Crippen LogP contribution in [0.1, 0.15) is 105 Å². The van der Waals surface area contributed by atoms with Crippen molar-refractivity contribution in [1.29, 1.82) is 0 Å². The van der Waals surface area contributed by atoms with E-state index in [4.69, 9.17) is 9.47 Å². The normalized spacial score (nSPS) is 44.8. The van der Waals surface area contributed by atoms with Crippen molar-refractivity contribution in [3.8, 4) is 0 Å². The fourth-order valence-corrected chi connectivity index (χ4v) is 9.34. The van der Waals surface area contributed by atoms with Gasteiger partial charge in [-0.3, -0.25) is 4.79 Å². The molecule has 3 nitrogen and oxygen atoms in total. The smallest absolute Gasteiger partial charge is 0.146 e. The van der Waals surface area contributed by atoms with Gasteiger partial charge in [-0.2, -0.15) is 0 Å². The van der Waals surface area contributed by atoms with Crippen molar-refractivity contribution in [2.45, 2.75) is 111 Å². The Morgan fingerprint density at radius 2 is 1.75 bits per heavy atom. The average Bonchev–Trinajstić information content (AvgIpc) is 3.09. The van der Waals surface area contributed by atoms with E-state index in [1.807, 2.05) is 0 Å². The third-order valence-corrected chi connectivity index (χ3v) is 11.1. The highest BCUT2D eigenvalue weighted by Crippen LogP contribution is 2.68. The minimum Gasteiger partial charge on any atom is -0.359 e. The van der Waals surface area contributed by atoms with Crippen LogP contribution >= 0.6 is 0 Å². The Labute approximate surface area is 197 Å². The van der Waals surface area contributed by atoms with Gasteiger partial charge in [0, 0.05) is 20.0 Å². The van der Waals surface area contributed by atoms with Crippen LogP contribution < -0.4 is 0 Å². The predicted molar refractivity (Wildman–Crippen MR) is 130 cm³/mol. The van der Waals surface area contributed by atoms with Crippen LogP contribution in [0.3, 0.4) is 0 Å². The fourth-order valence-electron chi connectivity index (χ4n) is 9.34. The second kappa shape index (κ2) is 9.68. The van der Waals surface area contributed by atoms with Gasteiger partial charge < -0.3 is 9.47 Å². The Bertz CT molecular complexity index is 659. The van der Waals surface area contributed by atoms with Gasteiger partial charge in [0.1, 0.15) is 12.6 Å². The molecule has 32 heavy (non-hydrogen) atoms. The highest BCUT2D eigenvalue weighted by molar-refractivity contribution is 5.79. The lowest BCUT2D eigenvalue weighted by atomic mass is 9.43. The molecular weight excluding hydrogens is 396 g/mol. The van der Waals surface area contributed by atoms with Crippen molar-refractivity contribution in [2.75, 3.05) is 13.9 Å².